The van der Waals surface area contributed by atoms with Crippen LogP contribution in [0.1, 0.15) is 52.9 Å². The smallest absolute Gasteiger partial charge is 0.192 e. The van der Waals surface area contributed by atoms with Crippen LogP contribution in [0.2, 0.25) is 18.1 Å². The summed E-state index contributed by atoms with van der Waals surface area (Å²) in [5.74, 6) is 0. The average Bonchev–Trinajstić information content (AvgIpc) is 2.74. The van der Waals surface area contributed by atoms with Crippen molar-refractivity contribution >= 4 is 20.1 Å². The molecule has 18 heavy (non-hydrogen) atoms. The topological polar surface area (TPSA) is 29.5 Å². The molecule has 1 saturated carbocycles. The van der Waals surface area contributed by atoms with E-state index < -0.39 is 8.32 Å². The van der Waals surface area contributed by atoms with Crippen molar-refractivity contribution in [3.8, 4) is 0 Å². The standard InChI is InChI=1S/C14H28O2SSi/c1-13(2,3)18(4,5)16-11-7-6-9-14(11)10-8-12(15)17-14/h11-12,15H,6-10H2,1-5H3/t11-,12?,14-/m0/s1. The van der Waals surface area contributed by atoms with E-state index in [2.05, 4.69) is 33.9 Å². The first kappa shape index (κ1) is 14.9. The molecule has 2 fully saturated rings. The van der Waals surface area contributed by atoms with Gasteiger partial charge in [-0.1, -0.05) is 20.8 Å². The van der Waals surface area contributed by atoms with Crippen LogP contribution in [0, 0.1) is 0 Å². The molecular formula is C14H28O2SSi. The zero-order chi connectivity index (χ0) is 13.6. The van der Waals surface area contributed by atoms with Gasteiger partial charge in [0.2, 0.25) is 0 Å². The van der Waals surface area contributed by atoms with Gasteiger partial charge in [0.1, 0.15) is 0 Å². The first-order valence-electron chi connectivity index (χ1n) is 7.20. The molecule has 0 radical (unpaired) electrons. The summed E-state index contributed by atoms with van der Waals surface area (Å²) in [6, 6.07) is 0. The minimum atomic E-state index is -1.68. The zero-order valence-corrected chi connectivity index (χ0v) is 14.3. The molecule has 2 rings (SSSR count). The monoisotopic (exact) mass is 288 g/mol. The Bertz CT molecular complexity index is 313. The van der Waals surface area contributed by atoms with Gasteiger partial charge in [-0.05, 0) is 50.2 Å². The third-order valence-corrected chi connectivity index (χ3v) is 11.2. The highest BCUT2D eigenvalue weighted by molar-refractivity contribution is 8.01. The SMILES string of the molecule is CC(C)(C)[Si](C)(C)O[C@H]1CCC[C@]12CCC(O)S2. The highest BCUT2D eigenvalue weighted by Crippen LogP contribution is 2.54. The molecular weight excluding hydrogens is 260 g/mol. The van der Waals surface area contributed by atoms with E-state index in [0.29, 0.717) is 6.10 Å². The highest BCUT2D eigenvalue weighted by atomic mass is 32.2. The highest BCUT2D eigenvalue weighted by Gasteiger charge is 2.52. The van der Waals surface area contributed by atoms with Crippen LogP contribution >= 0.6 is 11.8 Å². The molecule has 3 atom stereocenters. The fourth-order valence-electron chi connectivity index (χ4n) is 2.89. The quantitative estimate of drug-likeness (QED) is 0.774. The van der Waals surface area contributed by atoms with E-state index in [1.807, 2.05) is 0 Å². The molecule has 1 aliphatic heterocycles. The molecule has 1 saturated heterocycles. The van der Waals surface area contributed by atoms with Crippen molar-refractivity contribution in [2.45, 2.75) is 87.3 Å². The van der Waals surface area contributed by atoms with Gasteiger partial charge >= 0.3 is 0 Å². The predicted molar refractivity (Wildman–Crippen MR) is 81.5 cm³/mol. The molecule has 4 heteroatoms. The van der Waals surface area contributed by atoms with Crippen LogP contribution < -0.4 is 0 Å². The van der Waals surface area contributed by atoms with Gasteiger partial charge in [0, 0.05) is 4.75 Å². The van der Waals surface area contributed by atoms with E-state index >= 15 is 0 Å². The fourth-order valence-corrected chi connectivity index (χ4v) is 5.97. The zero-order valence-electron chi connectivity index (χ0n) is 12.5. The van der Waals surface area contributed by atoms with Crippen LogP contribution in [0.25, 0.3) is 0 Å². The number of aliphatic hydroxyl groups is 1. The second kappa shape index (κ2) is 4.79. The van der Waals surface area contributed by atoms with Crippen molar-refractivity contribution < 1.29 is 9.53 Å². The second-order valence-corrected chi connectivity index (χ2v) is 13.8. The molecule has 1 N–H and O–H groups in total. The number of thioether (sulfide) groups is 1. The third kappa shape index (κ3) is 2.67. The Morgan fingerprint density at radius 3 is 2.39 bits per heavy atom. The molecule has 1 heterocycles. The third-order valence-electron chi connectivity index (χ3n) is 5.08. The predicted octanol–water partition coefficient (Wildman–Crippen LogP) is 4.14. The van der Waals surface area contributed by atoms with Crippen molar-refractivity contribution in [2.75, 3.05) is 0 Å². The lowest BCUT2D eigenvalue weighted by Gasteiger charge is -2.42. The molecule has 0 bridgehead atoms. The maximum absolute atomic E-state index is 9.85. The molecule has 1 spiro atoms. The number of rotatable bonds is 2. The van der Waals surface area contributed by atoms with Gasteiger partial charge in [-0.2, -0.15) is 0 Å². The maximum atomic E-state index is 9.85. The first-order valence-corrected chi connectivity index (χ1v) is 11.0. The summed E-state index contributed by atoms with van der Waals surface area (Å²) in [6.07, 6.45) is 6.14. The van der Waals surface area contributed by atoms with Gasteiger partial charge in [-0.15, -0.1) is 11.8 Å². The van der Waals surface area contributed by atoms with Crippen molar-refractivity contribution in [3.63, 3.8) is 0 Å². The minimum Gasteiger partial charge on any atom is -0.413 e. The average molecular weight is 289 g/mol. The molecule has 1 aliphatic carbocycles. The van der Waals surface area contributed by atoms with Gasteiger partial charge < -0.3 is 9.53 Å². The van der Waals surface area contributed by atoms with Crippen LogP contribution in [-0.4, -0.2) is 29.7 Å². The molecule has 0 aromatic carbocycles. The number of aliphatic hydroxyl groups excluding tert-OH is 1. The summed E-state index contributed by atoms with van der Waals surface area (Å²) in [5.41, 5.74) is -0.159. The summed E-state index contributed by atoms with van der Waals surface area (Å²) in [7, 11) is -1.68. The molecule has 106 valence electrons. The molecule has 0 aromatic heterocycles. The Morgan fingerprint density at radius 2 is 1.89 bits per heavy atom. The molecule has 1 unspecified atom stereocenters. The fraction of sp³-hybridized carbons (Fsp3) is 1.00. The largest absolute Gasteiger partial charge is 0.413 e. The van der Waals surface area contributed by atoms with Crippen molar-refractivity contribution in [1.29, 1.82) is 0 Å². The normalized spacial score (nSPS) is 37.7. The van der Waals surface area contributed by atoms with Crippen LogP contribution in [0.4, 0.5) is 0 Å². The van der Waals surface area contributed by atoms with Gasteiger partial charge in [-0.3, -0.25) is 0 Å². The lowest BCUT2D eigenvalue weighted by molar-refractivity contribution is 0.154. The number of hydrogen-bond donors (Lipinski definition) is 1. The van der Waals surface area contributed by atoms with Crippen molar-refractivity contribution in [3.05, 3.63) is 0 Å². The summed E-state index contributed by atoms with van der Waals surface area (Å²) in [6.45, 7) is 11.6. The van der Waals surface area contributed by atoms with E-state index in [4.69, 9.17) is 4.43 Å². The van der Waals surface area contributed by atoms with Gasteiger partial charge in [0.25, 0.3) is 0 Å². The second-order valence-electron chi connectivity index (χ2n) is 7.43. The van der Waals surface area contributed by atoms with Crippen LogP contribution in [0.5, 0.6) is 0 Å². The Balaban J connectivity index is 2.09. The summed E-state index contributed by atoms with van der Waals surface area (Å²) >= 11 is 1.79. The van der Waals surface area contributed by atoms with Gasteiger partial charge in [-0.25, -0.2) is 0 Å². The van der Waals surface area contributed by atoms with E-state index in [9.17, 15) is 5.11 Å². The Morgan fingerprint density at radius 1 is 1.22 bits per heavy atom. The minimum absolute atomic E-state index is 0.159. The Labute approximate surface area is 117 Å². The molecule has 2 nitrogen and oxygen atoms in total. The Hall–Kier alpha value is 0.487. The number of hydrogen-bond acceptors (Lipinski definition) is 3. The van der Waals surface area contributed by atoms with E-state index in [-0.39, 0.29) is 15.2 Å². The molecule has 2 aliphatic rings. The van der Waals surface area contributed by atoms with Gasteiger partial charge in [0.05, 0.1) is 11.5 Å². The van der Waals surface area contributed by atoms with E-state index in [0.717, 1.165) is 12.8 Å². The van der Waals surface area contributed by atoms with Crippen molar-refractivity contribution in [1.82, 2.24) is 0 Å². The molecule has 0 amide bonds. The Kier molecular flexibility index (Phi) is 3.97. The summed E-state index contributed by atoms with van der Waals surface area (Å²) < 4.78 is 6.89. The summed E-state index contributed by atoms with van der Waals surface area (Å²) in [4.78, 5) is 0. The van der Waals surface area contributed by atoms with Crippen molar-refractivity contribution in [2.24, 2.45) is 0 Å². The lowest BCUT2D eigenvalue weighted by atomic mass is 9.99. The van der Waals surface area contributed by atoms with Gasteiger partial charge in [0.15, 0.2) is 8.32 Å². The van der Waals surface area contributed by atoms with E-state index in [1.165, 1.54) is 19.3 Å². The van der Waals surface area contributed by atoms with Crippen LogP contribution in [0.15, 0.2) is 0 Å². The lowest BCUT2D eigenvalue weighted by Crippen LogP contribution is -2.48. The van der Waals surface area contributed by atoms with Crippen LogP contribution in [-0.2, 0) is 4.43 Å². The summed E-state index contributed by atoms with van der Waals surface area (Å²) in [5, 5.41) is 10.1. The first-order chi connectivity index (χ1) is 8.16. The molecule has 0 aromatic rings. The maximum Gasteiger partial charge on any atom is 0.192 e. The van der Waals surface area contributed by atoms with E-state index in [1.54, 1.807) is 11.8 Å². The van der Waals surface area contributed by atoms with Crippen LogP contribution in [0.3, 0.4) is 0 Å².